The van der Waals surface area contributed by atoms with Gasteiger partial charge in [-0.3, -0.25) is 9.59 Å². The summed E-state index contributed by atoms with van der Waals surface area (Å²) in [6.45, 7) is 4.92. The third kappa shape index (κ3) is 10.2. The van der Waals surface area contributed by atoms with Crippen molar-refractivity contribution < 1.29 is 29.3 Å². The Bertz CT molecular complexity index is 1830. The predicted molar refractivity (Wildman–Crippen MR) is 202 cm³/mol. The number of aromatic amines is 1. The molecular formula is C42H52N4O6. The molecule has 0 amide bonds. The highest BCUT2D eigenvalue weighted by molar-refractivity contribution is 5.81. The highest BCUT2D eigenvalue weighted by Crippen LogP contribution is 2.36. The van der Waals surface area contributed by atoms with Crippen LogP contribution in [0.3, 0.4) is 0 Å². The number of phenols is 2. The molecule has 4 atom stereocenters. The van der Waals surface area contributed by atoms with E-state index in [1.54, 1.807) is 19.2 Å². The molecule has 3 aromatic rings. The van der Waals surface area contributed by atoms with E-state index in [1.165, 1.54) is 25.2 Å². The molecule has 1 aromatic heterocycles. The van der Waals surface area contributed by atoms with Gasteiger partial charge in [-0.2, -0.15) is 0 Å². The van der Waals surface area contributed by atoms with Gasteiger partial charge in [0.05, 0.1) is 25.4 Å². The second kappa shape index (κ2) is 18.4. The van der Waals surface area contributed by atoms with Crippen molar-refractivity contribution in [2.24, 2.45) is 5.92 Å². The van der Waals surface area contributed by atoms with Crippen molar-refractivity contribution in [1.29, 1.82) is 0 Å². The molecule has 2 bridgehead atoms. The first-order valence-corrected chi connectivity index (χ1v) is 18.2. The fraction of sp³-hybridized carbons (Fsp3) is 0.429. The standard InChI is InChI=1S/C42H52N4O6/c1-5-28-11-12-38(52-27(2)47)23-37(49)18-29(32-17-35(24-43-3)42(50)40(21-32)51-4)9-7-14-45-41-22-31(13-15-46-41)39(30-8-6-10-36(48)19-30)20-34-26-44-25-33(34)16-28/h6,8,10,13,17,19,21-22,25-26,28-29,38-39,43-46,48,50H,5,11-12,14-16,18,20,23-24H2,1-4H3/t28-,29+,38-,39+/m1/s1. The molecule has 0 radical (unpaired) electrons. The van der Waals surface area contributed by atoms with E-state index in [9.17, 15) is 19.8 Å². The van der Waals surface area contributed by atoms with Crippen LogP contribution in [0.2, 0.25) is 0 Å². The van der Waals surface area contributed by atoms with Crippen molar-refractivity contribution in [3.63, 3.8) is 0 Å². The summed E-state index contributed by atoms with van der Waals surface area (Å²) in [6, 6.07) is 11.1. The zero-order valence-corrected chi connectivity index (χ0v) is 30.7. The molecule has 10 heteroatoms. The Hall–Kier alpha value is -5.14. The van der Waals surface area contributed by atoms with E-state index in [2.05, 4.69) is 70.3 Å². The van der Waals surface area contributed by atoms with Crippen LogP contribution in [0.4, 0.5) is 0 Å². The molecule has 3 heterocycles. The number of benzene rings is 2. The van der Waals surface area contributed by atoms with Gasteiger partial charge in [-0.1, -0.05) is 43.4 Å². The van der Waals surface area contributed by atoms with Crippen molar-refractivity contribution in [3.8, 4) is 29.1 Å². The number of aromatic nitrogens is 1. The van der Waals surface area contributed by atoms with E-state index in [4.69, 9.17) is 9.47 Å². The predicted octanol–water partition coefficient (Wildman–Crippen LogP) is 5.87. The minimum absolute atomic E-state index is 0.00247. The zero-order chi connectivity index (χ0) is 37.0. The summed E-state index contributed by atoms with van der Waals surface area (Å²) in [4.78, 5) is 29.3. The molecule has 0 saturated heterocycles. The quantitative estimate of drug-likeness (QED) is 0.131. The molecule has 6 N–H and O–H groups in total. The maximum atomic E-state index is 13.7. The summed E-state index contributed by atoms with van der Waals surface area (Å²) in [5.41, 5.74) is 6.02. The summed E-state index contributed by atoms with van der Waals surface area (Å²) in [6.07, 6.45) is 12.0. The Morgan fingerprint density at radius 3 is 2.56 bits per heavy atom. The van der Waals surface area contributed by atoms with Crippen LogP contribution in [-0.2, 0) is 33.7 Å². The third-order valence-corrected chi connectivity index (χ3v) is 9.98. The number of ether oxygens (including phenoxy) is 2. The molecule has 0 fully saturated rings. The number of allylic oxidation sites excluding steroid dienone is 2. The molecule has 5 rings (SSSR count). The average molecular weight is 709 g/mol. The maximum absolute atomic E-state index is 13.7. The number of esters is 1. The van der Waals surface area contributed by atoms with Gasteiger partial charge in [0.1, 0.15) is 17.6 Å². The number of Topliss-reactive ketones (excluding diaryl/α,β-unsaturated/α-hetero) is 1. The normalized spacial score (nSPS) is 21.5. The van der Waals surface area contributed by atoms with Crippen LogP contribution in [0.5, 0.6) is 17.2 Å². The van der Waals surface area contributed by atoms with E-state index >= 15 is 0 Å². The number of phenolic OH excluding ortho intramolecular Hbond substituents is 2. The van der Waals surface area contributed by atoms with Crippen LogP contribution in [0.25, 0.3) is 0 Å². The third-order valence-electron chi connectivity index (χ3n) is 9.98. The number of hydrogen-bond donors (Lipinski definition) is 6. The lowest BCUT2D eigenvalue weighted by molar-refractivity contribution is -0.148. The van der Waals surface area contributed by atoms with Gasteiger partial charge in [0, 0.05) is 56.7 Å². The molecule has 0 saturated carbocycles. The van der Waals surface area contributed by atoms with Crippen molar-refractivity contribution in [1.82, 2.24) is 20.9 Å². The number of dihydropyridines is 1. The Morgan fingerprint density at radius 2 is 1.83 bits per heavy atom. The van der Waals surface area contributed by atoms with Crippen molar-refractivity contribution in [2.75, 3.05) is 27.2 Å². The number of aromatic hydroxyl groups is 2. The van der Waals surface area contributed by atoms with Crippen LogP contribution in [0.15, 0.2) is 72.3 Å². The number of ketones is 1. The average Bonchev–Trinajstić information content (AvgIpc) is 3.56. The van der Waals surface area contributed by atoms with Crippen molar-refractivity contribution >= 4 is 11.8 Å². The lowest BCUT2D eigenvalue weighted by Gasteiger charge is -2.25. The Labute approximate surface area is 307 Å². The number of carbonyl (C=O) groups excluding carboxylic acids is 2. The molecule has 2 aliphatic rings. The van der Waals surface area contributed by atoms with Gasteiger partial charge in [-0.15, -0.1) is 0 Å². The zero-order valence-electron chi connectivity index (χ0n) is 30.7. The highest BCUT2D eigenvalue weighted by atomic mass is 16.5. The monoisotopic (exact) mass is 708 g/mol. The molecular weight excluding hydrogens is 656 g/mol. The second-order valence-electron chi connectivity index (χ2n) is 13.7. The Balaban J connectivity index is 1.52. The molecule has 0 aliphatic carbocycles. The van der Waals surface area contributed by atoms with Gasteiger partial charge in [-0.25, -0.2) is 0 Å². The van der Waals surface area contributed by atoms with Crippen molar-refractivity contribution in [3.05, 3.63) is 100 Å². The number of fused-ring (bicyclic) bond motifs is 2. The number of hydrogen-bond acceptors (Lipinski definition) is 9. The number of carbonyl (C=O) groups is 2. The Kier molecular flexibility index (Phi) is 13.5. The fourth-order valence-electron chi connectivity index (χ4n) is 7.23. The maximum Gasteiger partial charge on any atom is 0.302 e. The van der Waals surface area contributed by atoms with E-state index in [0.29, 0.717) is 43.3 Å². The van der Waals surface area contributed by atoms with Gasteiger partial charge >= 0.3 is 5.97 Å². The summed E-state index contributed by atoms with van der Waals surface area (Å²) < 4.78 is 11.2. The molecule has 2 aliphatic heterocycles. The summed E-state index contributed by atoms with van der Waals surface area (Å²) in [5.74, 6) is 7.36. The van der Waals surface area contributed by atoms with Crippen LogP contribution in [0.1, 0.15) is 85.6 Å². The fourth-order valence-corrected chi connectivity index (χ4v) is 7.23. The number of nitrogens with one attached hydrogen (secondary N) is 4. The van der Waals surface area contributed by atoms with Crippen LogP contribution >= 0.6 is 0 Å². The van der Waals surface area contributed by atoms with E-state index in [-0.39, 0.29) is 36.0 Å². The number of rotatable bonds is 7. The minimum atomic E-state index is -0.542. The molecule has 52 heavy (non-hydrogen) atoms. The molecule has 2 aromatic carbocycles. The van der Waals surface area contributed by atoms with E-state index in [0.717, 1.165) is 48.2 Å². The summed E-state index contributed by atoms with van der Waals surface area (Å²) in [7, 11) is 3.30. The molecule has 0 spiro atoms. The van der Waals surface area contributed by atoms with Crippen molar-refractivity contribution in [2.45, 2.75) is 83.3 Å². The van der Waals surface area contributed by atoms with E-state index in [1.807, 2.05) is 18.2 Å². The largest absolute Gasteiger partial charge is 0.508 e. The SMILES string of the molecule is CC[C@@H]1CC[C@@H](OC(C)=O)CC(=O)C[C@@H](c2cc(CNC)c(O)c(OC)c2)C#CCNC2=CC(=CCN2)[C@H](c2cccc(O)c2)Cc2c[nH]cc2C1. The minimum Gasteiger partial charge on any atom is -0.508 e. The lowest BCUT2D eigenvalue weighted by Crippen LogP contribution is -2.30. The number of methoxy groups -OCH3 is 1. The lowest BCUT2D eigenvalue weighted by atomic mass is 9.82. The van der Waals surface area contributed by atoms with Crippen LogP contribution in [-0.4, -0.2) is 60.3 Å². The summed E-state index contributed by atoms with van der Waals surface area (Å²) >= 11 is 0. The van der Waals surface area contributed by atoms with Gasteiger partial charge in [-0.05, 0) is 96.8 Å². The first kappa shape index (κ1) is 38.1. The van der Waals surface area contributed by atoms with E-state index < -0.39 is 18.0 Å². The number of H-pyrrole nitrogens is 1. The first-order chi connectivity index (χ1) is 25.2. The second-order valence-corrected chi connectivity index (χ2v) is 13.7. The van der Waals surface area contributed by atoms with Crippen LogP contribution in [0, 0.1) is 17.8 Å². The molecule has 0 unspecified atom stereocenters. The molecule has 10 nitrogen and oxygen atoms in total. The highest BCUT2D eigenvalue weighted by Gasteiger charge is 2.25. The smallest absolute Gasteiger partial charge is 0.302 e. The summed E-state index contributed by atoms with van der Waals surface area (Å²) in [5, 5.41) is 31.1. The van der Waals surface area contributed by atoms with Crippen LogP contribution < -0.4 is 20.7 Å². The van der Waals surface area contributed by atoms with Gasteiger partial charge in [0.15, 0.2) is 11.5 Å². The van der Waals surface area contributed by atoms with Gasteiger partial charge < -0.3 is 40.6 Å². The van der Waals surface area contributed by atoms with Gasteiger partial charge in [0.25, 0.3) is 0 Å². The molecule has 276 valence electrons. The Morgan fingerprint density at radius 1 is 1.02 bits per heavy atom. The topological polar surface area (TPSA) is 145 Å². The van der Waals surface area contributed by atoms with Gasteiger partial charge in [0.2, 0.25) is 0 Å². The first-order valence-electron chi connectivity index (χ1n) is 18.2.